The Kier molecular flexibility index (Phi) is 82.6. The van der Waals surface area contributed by atoms with Crippen LogP contribution in [0.2, 0.25) is 0 Å². The summed E-state index contributed by atoms with van der Waals surface area (Å²) < 4.78 is 68.9. The molecule has 0 N–H and O–H groups in total. The average Bonchev–Trinajstić information content (AvgIpc) is 0.987. The summed E-state index contributed by atoms with van der Waals surface area (Å²) in [5.41, 5.74) is 7.92. The summed E-state index contributed by atoms with van der Waals surface area (Å²) in [5.74, 6) is -2.45. The maximum atomic E-state index is 11.4. The molecule has 0 amide bonds. The van der Waals surface area contributed by atoms with E-state index in [1.165, 1.54) is 101 Å². The largest absolute Gasteiger partial charge is 0.463 e. The molecule has 0 aromatic heterocycles. The number of rotatable bonds is 56. The van der Waals surface area contributed by atoms with Crippen LogP contribution in [0.1, 0.15) is 193 Å². The number of hydrogen-bond donors (Lipinski definition) is 0. The number of carbonyl (C=O) groups is 8. The Hall–Kier alpha value is -12.8. The van der Waals surface area contributed by atoms with Gasteiger partial charge in [0.05, 0.1) is 46.2 Å². The van der Waals surface area contributed by atoms with Gasteiger partial charge >= 0.3 is 47.8 Å². The molecule has 8 aromatic rings. The molecule has 736 valence electrons. The summed E-state index contributed by atoms with van der Waals surface area (Å²) in [5, 5.41) is 0. The minimum Gasteiger partial charge on any atom is -0.463 e. The van der Waals surface area contributed by atoms with E-state index in [2.05, 4.69) is 23.3 Å². The van der Waals surface area contributed by atoms with Crippen LogP contribution in [0.4, 0.5) is 0 Å². The molecule has 0 saturated heterocycles. The highest BCUT2D eigenvalue weighted by Gasteiger charge is 2.05. The lowest BCUT2D eigenvalue weighted by Gasteiger charge is -2.02. The third kappa shape index (κ3) is 80.8. The van der Waals surface area contributed by atoms with Crippen LogP contribution in [0.3, 0.4) is 0 Å². The van der Waals surface area contributed by atoms with Gasteiger partial charge in [0.1, 0.15) is 6.61 Å². The van der Waals surface area contributed by atoms with Crippen LogP contribution >= 0.6 is 0 Å². The molecule has 0 aliphatic rings. The van der Waals surface area contributed by atoms with Crippen LogP contribution in [0.25, 0.3) is 48.6 Å². The van der Waals surface area contributed by atoms with E-state index in [0.29, 0.717) is 59.5 Å². The van der Waals surface area contributed by atoms with Crippen LogP contribution in [-0.2, 0) is 105 Å². The molecule has 8 aromatic carbocycles. The second-order valence-corrected chi connectivity index (χ2v) is 29.7. The predicted molar refractivity (Wildman–Crippen MR) is 546 cm³/mol. The van der Waals surface area contributed by atoms with Crippen molar-refractivity contribution in [2.75, 3.05) is 129 Å². The molecule has 0 heterocycles. The first-order valence-corrected chi connectivity index (χ1v) is 46.7. The zero-order chi connectivity index (χ0) is 98.8. The van der Waals surface area contributed by atoms with E-state index < -0.39 is 5.97 Å². The maximum absolute atomic E-state index is 11.4. The highest BCUT2D eigenvalue weighted by molar-refractivity contribution is 5.91. The summed E-state index contributed by atoms with van der Waals surface area (Å²) in [4.78, 5) is 90.3. The molecule has 0 saturated carbocycles. The van der Waals surface area contributed by atoms with E-state index >= 15 is 0 Å². The van der Waals surface area contributed by atoms with Crippen LogP contribution in [-0.4, -0.2) is 176 Å². The summed E-state index contributed by atoms with van der Waals surface area (Å²) >= 11 is 0. The summed E-state index contributed by atoms with van der Waals surface area (Å²) in [6.45, 7) is 10.8. The van der Waals surface area contributed by atoms with Gasteiger partial charge in [0, 0.05) is 124 Å². The van der Waals surface area contributed by atoms with E-state index in [4.69, 9.17) is 56.8 Å². The van der Waals surface area contributed by atoms with Crippen molar-refractivity contribution in [1.82, 2.24) is 0 Å². The molecule has 0 unspecified atom stereocenters. The number of ether oxygens (including phenoxy) is 14. The van der Waals surface area contributed by atoms with Gasteiger partial charge in [-0.05, 0) is 157 Å². The van der Waals surface area contributed by atoms with Crippen molar-refractivity contribution >= 4 is 96.4 Å². The monoisotopic (exact) mass is 1870 g/mol. The first kappa shape index (κ1) is 121. The van der Waals surface area contributed by atoms with Gasteiger partial charge in [-0.15, -0.1) is 0 Å². The number of unbranched alkanes of at least 4 members (excludes halogenated alkanes) is 15. The van der Waals surface area contributed by atoms with Crippen molar-refractivity contribution in [2.24, 2.45) is 0 Å². The third-order valence-corrected chi connectivity index (χ3v) is 18.2. The molecular weight excluding hydrogens is 1720 g/mol. The van der Waals surface area contributed by atoms with Crippen molar-refractivity contribution in [2.45, 2.75) is 149 Å². The van der Waals surface area contributed by atoms with Gasteiger partial charge in [0.25, 0.3) is 0 Å². The van der Waals surface area contributed by atoms with Gasteiger partial charge < -0.3 is 66.3 Å². The summed E-state index contributed by atoms with van der Waals surface area (Å²) in [6.07, 6.45) is 48.1. The van der Waals surface area contributed by atoms with Crippen molar-refractivity contribution in [3.63, 3.8) is 0 Å². The van der Waals surface area contributed by atoms with Gasteiger partial charge in [-0.25, -0.2) is 38.4 Å². The molecule has 0 aliphatic heterocycles. The molecule has 0 bridgehead atoms. The minimum absolute atomic E-state index is 0.0159. The van der Waals surface area contributed by atoms with Crippen LogP contribution < -0.4 is 0 Å². The number of benzene rings is 8. The highest BCUT2D eigenvalue weighted by atomic mass is 16.7. The highest BCUT2D eigenvalue weighted by Crippen LogP contribution is 2.12. The van der Waals surface area contributed by atoms with E-state index in [0.717, 1.165) is 148 Å². The molecule has 8 rings (SSSR count). The lowest BCUT2D eigenvalue weighted by molar-refractivity contribution is -0.148. The molecule has 22 nitrogen and oxygen atoms in total. The number of methoxy groups -OCH3 is 6. The zero-order valence-electron chi connectivity index (χ0n) is 81.4. The van der Waals surface area contributed by atoms with Crippen molar-refractivity contribution in [1.29, 1.82) is 0 Å². The van der Waals surface area contributed by atoms with E-state index in [-0.39, 0.29) is 55.2 Å². The normalized spacial score (nSPS) is 10.6. The third-order valence-electron chi connectivity index (χ3n) is 18.2. The molecule has 0 radical (unpaired) electrons. The molecule has 0 atom stereocenters. The first-order valence-electron chi connectivity index (χ1n) is 46.7. The molecule has 0 fully saturated rings. The Bertz CT molecular complexity index is 4310. The zero-order valence-corrected chi connectivity index (χ0v) is 81.4. The van der Waals surface area contributed by atoms with Gasteiger partial charge in [-0.3, -0.25) is 0 Å². The molecule has 136 heavy (non-hydrogen) atoms. The fraction of sp³-hybridized carbons (Fsp3) is 0.368. The Morgan fingerprint density at radius 1 is 0.169 bits per heavy atom. The van der Waals surface area contributed by atoms with Crippen LogP contribution in [0.15, 0.2) is 291 Å². The van der Waals surface area contributed by atoms with E-state index in [1.54, 1.807) is 84.2 Å². The van der Waals surface area contributed by atoms with E-state index in [9.17, 15) is 38.4 Å². The average molecular weight is 1870 g/mol. The lowest BCUT2D eigenvalue weighted by Crippen LogP contribution is -2.06. The Morgan fingerprint density at radius 2 is 0.324 bits per heavy atom. The Labute approximate surface area is 809 Å². The molecule has 0 spiro atoms. The minimum atomic E-state index is -0.407. The molecular formula is C114H148O22. The van der Waals surface area contributed by atoms with Gasteiger partial charge in [-0.2, -0.15) is 0 Å². The fourth-order valence-corrected chi connectivity index (χ4v) is 11.0. The standard InChI is InChI=1S/C17H24O2.C16H22O3.C16H22O2.C15H20O3.C14H18O3.C13H16O3.C12H14O3.C11H12O3/c1-2-3-4-5-6-10-15-19-17(18)14-13-16-11-8-7-9-12-16;1-18-13-7-2-3-8-14-19-16(17)12-11-15-9-5-4-6-10-15;1-2-3-4-5-9-14-18-16(17)13-12-15-10-7-6-8-11-15;1-17-12-6-3-7-13-18-15(16)11-10-14-8-4-2-5-9-14;1-16-11-5-6-12-17-14(15)10-9-13-7-3-2-4-8-13;1-15-10-5-11-16-13(14)9-8-12-6-3-2-4-7-12;1-14-9-10-15-12(13)8-7-11-5-3-2-4-6-11;1-13-9-14-11(12)8-7-10-5-3-2-4-6-10/h7-9,11-14H,2-6,10,15H2,1H3;4-6,9-12H,2-3,7-8,13-14H2,1H3;6-8,10-13H,2-5,9,14H2,1H3;2,4-5,8-11H,3,6-7,12-13H2,1H3;2-4,7-10H,5-6,11-12H2,1H3;2-4,6-9H,5,10-11H2,1H3;2-8H,9-10H2,1H3;2-8H,9H2,1H3/b14-13+;12-11+;13-12+;11-10+;10-9+;9-8+;2*8-7+. The Balaban J connectivity index is 0.000000778. The topological polar surface area (TPSA) is 266 Å². The summed E-state index contributed by atoms with van der Waals surface area (Å²) in [6, 6.07) is 77.3. The lowest BCUT2D eigenvalue weighted by atomic mass is 10.1. The van der Waals surface area contributed by atoms with Gasteiger partial charge in [0.2, 0.25) is 0 Å². The summed E-state index contributed by atoms with van der Waals surface area (Å²) in [7, 11) is 9.71. The smallest absolute Gasteiger partial charge is 0.332 e. The quantitative estimate of drug-likeness (QED) is 0.0113. The maximum Gasteiger partial charge on any atom is 0.332 e. The molecule has 0 aliphatic carbocycles. The second kappa shape index (κ2) is 92.6. The fourth-order valence-electron chi connectivity index (χ4n) is 11.0. The number of carbonyl (C=O) groups excluding carboxylic acids is 8. The van der Waals surface area contributed by atoms with Crippen LogP contribution in [0.5, 0.6) is 0 Å². The van der Waals surface area contributed by atoms with E-state index in [1.807, 2.05) is 243 Å². The first-order chi connectivity index (χ1) is 66.6. The van der Waals surface area contributed by atoms with Gasteiger partial charge in [-0.1, -0.05) is 321 Å². The molecule has 22 heteroatoms. The Morgan fingerprint density at radius 3 is 0.529 bits per heavy atom. The SMILES string of the molecule is CCCCCCCCOC(=O)/C=C/c1ccccc1.CCCCCCCOC(=O)/C=C/c1ccccc1.COCCCCCCOC(=O)/C=C/c1ccccc1.COCCCCCOC(=O)/C=C/c1ccccc1.COCCCCOC(=O)/C=C/c1ccccc1.COCCCOC(=O)/C=C/c1ccccc1.COCCOC(=O)/C=C/c1ccccc1.COCOC(=O)/C=C/c1ccccc1. The van der Waals surface area contributed by atoms with Crippen molar-refractivity contribution in [3.8, 4) is 0 Å². The van der Waals surface area contributed by atoms with Crippen LogP contribution in [0, 0.1) is 0 Å². The second-order valence-electron chi connectivity index (χ2n) is 29.7. The predicted octanol–water partition coefficient (Wildman–Crippen LogP) is 24.0. The van der Waals surface area contributed by atoms with Crippen molar-refractivity contribution < 1.29 is 105 Å². The van der Waals surface area contributed by atoms with Gasteiger partial charge in [0.15, 0.2) is 6.79 Å². The number of hydrogen-bond acceptors (Lipinski definition) is 22. The van der Waals surface area contributed by atoms with Crippen molar-refractivity contribution in [3.05, 3.63) is 336 Å². The number of esters is 8.